The second kappa shape index (κ2) is 5.94. The second-order valence-corrected chi connectivity index (χ2v) is 7.08. The van der Waals surface area contributed by atoms with Crippen LogP contribution in [0.25, 0.3) is 0 Å². The van der Waals surface area contributed by atoms with Crippen LogP contribution in [0.4, 0.5) is 13.2 Å². The fourth-order valence-electron chi connectivity index (χ4n) is 2.74. The van der Waals surface area contributed by atoms with Gasteiger partial charge in [-0.15, -0.1) is 0 Å². The van der Waals surface area contributed by atoms with E-state index in [0.29, 0.717) is 24.9 Å². The van der Waals surface area contributed by atoms with E-state index in [4.69, 9.17) is 0 Å². The van der Waals surface area contributed by atoms with Crippen LogP contribution in [0.3, 0.4) is 0 Å². The zero-order valence-electron chi connectivity index (χ0n) is 13.0. The van der Waals surface area contributed by atoms with Crippen molar-refractivity contribution in [1.29, 1.82) is 0 Å². The molecule has 2 atom stereocenters. The largest absolute Gasteiger partial charge is 0.400 e. The maximum Gasteiger partial charge on any atom is 0.400 e. The molecular weight excluding hydrogens is 267 g/mol. The summed E-state index contributed by atoms with van der Waals surface area (Å²) in [4.78, 5) is 13.2. The molecule has 5 heteroatoms. The minimum Gasteiger partial charge on any atom is -0.342 e. The van der Waals surface area contributed by atoms with Gasteiger partial charge < -0.3 is 4.90 Å². The Balaban J connectivity index is 2.57. The summed E-state index contributed by atoms with van der Waals surface area (Å²) in [6.45, 7) is 10.6. The Labute approximate surface area is 119 Å². The first-order valence-corrected chi connectivity index (χ1v) is 7.30. The Morgan fingerprint density at radius 3 is 1.90 bits per heavy atom. The monoisotopic (exact) mass is 293 g/mol. The van der Waals surface area contributed by atoms with Crippen molar-refractivity contribution in [3.05, 3.63) is 0 Å². The normalized spacial score (nSPS) is 21.7. The van der Waals surface area contributed by atoms with Crippen molar-refractivity contribution in [2.24, 2.45) is 23.2 Å². The number of piperidine rings is 1. The first kappa shape index (κ1) is 17.3. The summed E-state index contributed by atoms with van der Waals surface area (Å²) in [5, 5.41) is 0. The van der Waals surface area contributed by atoms with Gasteiger partial charge in [-0.2, -0.15) is 13.2 Å². The van der Waals surface area contributed by atoms with Crippen molar-refractivity contribution in [2.75, 3.05) is 13.1 Å². The second-order valence-electron chi connectivity index (χ2n) is 7.08. The number of rotatable bonds is 2. The minimum atomic E-state index is -4.44. The summed E-state index contributed by atoms with van der Waals surface area (Å²) in [5.74, 6) is -1.68. The number of hydrogen-bond acceptors (Lipinski definition) is 1. The molecule has 0 aromatic carbocycles. The van der Waals surface area contributed by atoms with Crippen molar-refractivity contribution in [2.45, 2.75) is 53.6 Å². The van der Waals surface area contributed by atoms with E-state index in [1.165, 1.54) is 4.90 Å². The number of carbonyl (C=O) groups is 1. The molecule has 0 radical (unpaired) electrons. The summed E-state index contributed by atoms with van der Waals surface area (Å²) < 4.78 is 37.7. The van der Waals surface area contributed by atoms with Crippen molar-refractivity contribution < 1.29 is 18.0 Å². The Bertz CT molecular complexity index is 338. The Kier molecular flexibility index (Phi) is 5.14. The average Bonchev–Trinajstić information content (AvgIpc) is 2.34. The van der Waals surface area contributed by atoms with E-state index in [-0.39, 0.29) is 5.41 Å². The standard InChI is InChI=1S/C15H26F3NO/c1-10(14(3,4)5)12-6-8-19(9-7-12)13(20)11(2)15(16,17)18/h10-12H,6-9H2,1-5H3/t10-,11+/m1/s1. The number of halogens is 3. The minimum absolute atomic E-state index is 0.191. The highest BCUT2D eigenvalue weighted by molar-refractivity contribution is 5.79. The van der Waals surface area contributed by atoms with Crippen LogP contribution in [0, 0.1) is 23.2 Å². The molecule has 0 bridgehead atoms. The number of hydrogen-bond donors (Lipinski definition) is 0. The van der Waals surface area contributed by atoms with E-state index in [1.54, 1.807) is 0 Å². The van der Waals surface area contributed by atoms with Gasteiger partial charge in [0.2, 0.25) is 5.91 Å². The van der Waals surface area contributed by atoms with Crippen LogP contribution < -0.4 is 0 Å². The molecular formula is C15H26F3NO. The van der Waals surface area contributed by atoms with E-state index in [0.717, 1.165) is 19.8 Å². The molecule has 1 aliphatic heterocycles. The fraction of sp³-hybridized carbons (Fsp3) is 0.933. The Hall–Kier alpha value is -0.740. The summed E-state index contributed by atoms with van der Waals surface area (Å²) in [5.41, 5.74) is 0.191. The van der Waals surface area contributed by atoms with Gasteiger partial charge >= 0.3 is 6.18 Å². The van der Waals surface area contributed by atoms with E-state index in [1.807, 2.05) is 0 Å². The predicted octanol–water partition coefficient (Wildman–Crippen LogP) is 4.11. The molecule has 1 saturated heterocycles. The maximum absolute atomic E-state index is 12.6. The van der Waals surface area contributed by atoms with E-state index >= 15 is 0 Å². The quantitative estimate of drug-likeness (QED) is 0.750. The molecule has 2 nitrogen and oxygen atoms in total. The lowest BCUT2D eigenvalue weighted by molar-refractivity contribution is -0.186. The number of nitrogens with zero attached hydrogens (tertiary/aromatic N) is 1. The highest BCUT2D eigenvalue weighted by atomic mass is 19.4. The van der Waals surface area contributed by atoms with Crippen molar-refractivity contribution in [1.82, 2.24) is 4.90 Å². The van der Waals surface area contributed by atoms with Gasteiger partial charge in [0.25, 0.3) is 0 Å². The van der Waals surface area contributed by atoms with E-state index in [2.05, 4.69) is 27.7 Å². The summed E-state index contributed by atoms with van der Waals surface area (Å²) in [7, 11) is 0. The third kappa shape index (κ3) is 4.13. The molecule has 0 saturated carbocycles. The molecule has 0 aromatic rings. The summed E-state index contributed by atoms with van der Waals surface area (Å²) in [6.07, 6.45) is -2.84. The molecule has 0 N–H and O–H groups in total. The van der Waals surface area contributed by atoms with E-state index < -0.39 is 18.0 Å². The van der Waals surface area contributed by atoms with Crippen LogP contribution in [0.5, 0.6) is 0 Å². The number of carbonyl (C=O) groups excluding carboxylic acids is 1. The molecule has 0 spiro atoms. The highest BCUT2D eigenvalue weighted by Gasteiger charge is 2.43. The molecule has 1 aliphatic rings. The van der Waals surface area contributed by atoms with Crippen LogP contribution in [0.2, 0.25) is 0 Å². The third-order valence-corrected chi connectivity index (χ3v) is 4.79. The van der Waals surface area contributed by atoms with Gasteiger partial charge in [0.15, 0.2) is 0 Å². The SMILES string of the molecule is C[C@H](C1CCN(C(=O)[C@H](C)C(F)(F)F)CC1)C(C)(C)C. The molecule has 0 unspecified atom stereocenters. The topological polar surface area (TPSA) is 20.3 Å². The average molecular weight is 293 g/mol. The van der Waals surface area contributed by atoms with Gasteiger partial charge in [0, 0.05) is 13.1 Å². The van der Waals surface area contributed by atoms with Crippen LogP contribution in [-0.2, 0) is 4.79 Å². The van der Waals surface area contributed by atoms with Crippen LogP contribution in [-0.4, -0.2) is 30.1 Å². The van der Waals surface area contributed by atoms with Gasteiger partial charge in [0.05, 0.1) is 0 Å². The number of likely N-dealkylation sites (tertiary alicyclic amines) is 1. The van der Waals surface area contributed by atoms with Gasteiger partial charge in [0.1, 0.15) is 5.92 Å². The van der Waals surface area contributed by atoms with Crippen LogP contribution in [0.1, 0.15) is 47.5 Å². The Morgan fingerprint density at radius 2 is 1.55 bits per heavy atom. The van der Waals surface area contributed by atoms with Gasteiger partial charge in [-0.05, 0) is 37.0 Å². The van der Waals surface area contributed by atoms with Gasteiger partial charge in [-0.1, -0.05) is 27.7 Å². The number of amides is 1. The number of alkyl halides is 3. The van der Waals surface area contributed by atoms with Crippen LogP contribution in [0.15, 0.2) is 0 Å². The molecule has 0 aromatic heterocycles. The summed E-state index contributed by atoms with van der Waals surface area (Å²) in [6, 6.07) is 0. The third-order valence-electron chi connectivity index (χ3n) is 4.79. The zero-order valence-corrected chi connectivity index (χ0v) is 13.0. The lowest BCUT2D eigenvalue weighted by Crippen LogP contribution is -2.46. The smallest absolute Gasteiger partial charge is 0.342 e. The molecule has 1 fully saturated rings. The molecule has 0 aliphatic carbocycles. The first-order chi connectivity index (χ1) is 8.94. The maximum atomic E-state index is 12.6. The molecule has 1 amide bonds. The van der Waals surface area contributed by atoms with Crippen molar-refractivity contribution in [3.8, 4) is 0 Å². The molecule has 118 valence electrons. The Morgan fingerprint density at radius 1 is 1.10 bits per heavy atom. The predicted molar refractivity (Wildman–Crippen MR) is 73.1 cm³/mol. The van der Waals surface area contributed by atoms with Crippen molar-refractivity contribution in [3.63, 3.8) is 0 Å². The zero-order chi connectivity index (χ0) is 15.7. The van der Waals surface area contributed by atoms with Crippen molar-refractivity contribution >= 4 is 5.91 Å². The molecule has 1 heterocycles. The fourth-order valence-corrected chi connectivity index (χ4v) is 2.74. The first-order valence-electron chi connectivity index (χ1n) is 7.30. The van der Waals surface area contributed by atoms with Gasteiger partial charge in [-0.3, -0.25) is 4.79 Å². The molecule has 1 rings (SSSR count). The highest BCUT2D eigenvalue weighted by Crippen LogP contribution is 2.37. The lowest BCUT2D eigenvalue weighted by Gasteiger charge is -2.40. The van der Waals surface area contributed by atoms with E-state index in [9.17, 15) is 18.0 Å². The molecule has 20 heavy (non-hydrogen) atoms. The van der Waals surface area contributed by atoms with Gasteiger partial charge in [-0.25, -0.2) is 0 Å². The van der Waals surface area contributed by atoms with Crippen LogP contribution >= 0.6 is 0 Å². The lowest BCUT2D eigenvalue weighted by atomic mass is 9.71. The summed E-state index contributed by atoms with van der Waals surface area (Å²) >= 11 is 0.